The first-order valence-corrected chi connectivity index (χ1v) is 11.1. The molecule has 0 spiro atoms. The number of benzene rings is 2. The van der Waals surface area contributed by atoms with Crippen LogP contribution in [-0.2, 0) is 0 Å². The van der Waals surface area contributed by atoms with Crippen LogP contribution >= 0.6 is 58.5 Å². The van der Waals surface area contributed by atoms with Crippen molar-refractivity contribution >= 4 is 58.5 Å². The van der Waals surface area contributed by atoms with E-state index < -0.39 is 0 Å². The molecular formula is C18H16Cl2N2O2S3. The van der Waals surface area contributed by atoms with Crippen LogP contribution in [0.4, 0.5) is 0 Å². The molecule has 3 aromatic rings. The van der Waals surface area contributed by atoms with E-state index in [1.807, 2.05) is 37.3 Å². The molecule has 0 aliphatic heterocycles. The Morgan fingerprint density at radius 1 is 1.07 bits per heavy atom. The van der Waals surface area contributed by atoms with E-state index in [1.54, 1.807) is 28.6 Å². The topological polar surface area (TPSA) is 36.3 Å². The van der Waals surface area contributed by atoms with Gasteiger partial charge in [-0.1, -0.05) is 46.3 Å². The van der Waals surface area contributed by atoms with Crippen molar-refractivity contribution in [3.05, 3.63) is 56.5 Å². The summed E-state index contributed by atoms with van der Waals surface area (Å²) in [5.41, 5.74) is 0.795. The van der Waals surface area contributed by atoms with Crippen molar-refractivity contribution in [3.63, 3.8) is 0 Å². The molecule has 0 atom stereocenters. The summed E-state index contributed by atoms with van der Waals surface area (Å²) in [6.07, 6.45) is 0. The maximum Gasteiger partial charge on any atom is 0.184 e. The third-order valence-electron chi connectivity index (χ3n) is 3.39. The lowest BCUT2D eigenvalue weighted by molar-refractivity contribution is 0.332. The number of halogens is 2. The van der Waals surface area contributed by atoms with Crippen LogP contribution in [0, 0.1) is 3.95 Å². The van der Waals surface area contributed by atoms with Crippen molar-refractivity contribution in [2.75, 3.05) is 19.0 Å². The van der Waals surface area contributed by atoms with Gasteiger partial charge in [0, 0.05) is 5.75 Å². The van der Waals surface area contributed by atoms with Crippen LogP contribution in [0.25, 0.3) is 5.69 Å². The van der Waals surface area contributed by atoms with Gasteiger partial charge in [0.15, 0.2) is 8.29 Å². The fourth-order valence-corrected chi connectivity index (χ4v) is 4.73. The van der Waals surface area contributed by atoms with Crippen LogP contribution in [-0.4, -0.2) is 28.7 Å². The summed E-state index contributed by atoms with van der Waals surface area (Å²) in [5.74, 6) is 2.41. The monoisotopic (exact) mass is 458 g/mol. The summed E-state index contributed by atoms with van der Waals surface area (Å²) in [4.78, 5) is 0. The second-order valence-electron chi connectivity index (χ2n) is 5.25. The van der Waals surface area contributed by atoms with Crippen molar-refractivity contribution in [1.82, 2.24) is 9.78 Å². The molecule has 0 N–H and O–H groups in total. The summed E-state index contributed by atoms with van der Waals surface area (Å²) in [5, 5.41) is 5.52. The number of nitrogens with zero attached hydrogens (tertiary/aromatic N) is 2. The van der Waals surface area contributed by atoms with Gasteiger partial charge in [-0.25, -0.2) is 4.68 Å². The standard InChI is InChI=1S/C18H16Cl2N2O2S3/c1-2-23-13-4-6-14(7-5-13)24-9-10-26-17-21-22(18(25)27-17)12-3-8-15(19)16(20)11-12/h3-8,11H,2,9-10H2,1H3. The van der Waals surface area contributed by atoms with Gasteiger partial charge in [-0.05, 0) is 61.6 Å². The first-order valence-electron chi connectivity index (χ1n) is 8.11. The molecule has 0 amide bonds. The molecular weight excluding hydrogens is 443 g/mol. The smallest absolute Gasteiger partial charge is 0.184 e. The second kappa shape index (κ2) is 9.80. The van der Waals surface area contributed by atoms with Gasteiger partial charge in [-0.2, -0.15) is 0 Å². The average Bonchev–Trinajstić information content (AvgIpc) is 3.03. The first kappa shape index (κ1) is 20.5. The zero-order valence-corrected chi connectivity index (χ0v) is 18.3. The van der Waals surface area contributed by atoms with Gasteiger partial charge in [0.05, 0.1) is 28.9 Å². The lowest BCUT2D eigenvalue weighted by Gasteiger charge is -2.07. The van der Waals surface area contributed by atoms with Crippen molar-refractivity contribution < 1.29 is 9.47 Å². The van der Waals surface area contributed by atoms with Gasteiger partial charge in [-0.15, -0.1) is 5.10 Å². The Labute approximate surface area is 181 Å². The van der Waals surface area contributed by atoms with Crippen LogP contribution in [0.15, 0.2) is 46.8 Å². The Kier molecular flexibility index (Phi) is 7.43. The fourth-order valence-electron chi connectivity index (χ4n) is 2.19. The van der Waals surface area contributed by atoms with Gasteiger partial charge >= 0.3 is 0 Å². The Hall–Kier alpha value is -1.25. The quantitative estimate of drug-likeness (QED) is 0.217. The van der Waals surface area contributed by atoms with Gasteiger partial charge < -0.3 is 9.47 Å². The van der Waals surface area contributed by atoms with Crippen LogP contribution in [0.3, 0.4) is 0 Å². The number of ether oxygens (including phenoxy) is 2. The van der Waals surface area contributed by atoms with Crippen LogP contribution in [0.2, 0.25) is 10.0 Å². The number of hydrogen-bond donors (Lipinski definition) is 0. The highest BCUT2D eigenvalue weighted by atomic mass is 35.5. The summed E-state index contributed by atoms with van der Waals surface area (Å²) >= 11 is 20.5. The minimum atomic E-state index is 0.474. The molecule has 27 heavy (non-hydrogen) atoms. The van der Waals surface area contributed by atoms with Crippen LogP contribution < -0.4 is 9.47 Å². The Balaban J connectivity index is 1.54. The zero-order chi connectivity index (χ0) is 19.2. The Morgan fingerprint density at radius 3 is 2.44 bits per heavy atom. The third-order valence-corrected chi connectivity index (χ3v) is 6.46. The number of aromatic nitrogens is 2. The van der Waals surface area contributed by atoms with Gasteiger partial charge in [-0.3, -0.25) is 0 Å². The fraction of sp³-hybridized carbons (Fsp3) is 0.222. The predicted molar refractivity (Wildman–Crippen MR) is 116 cm³/mol. The maximum atomic E-state index is 6.08. The lowest BCUT2D eigenvalue weighted by Crippen LogP contribution is -2.01. The maximum absolute atomic E-state index is 6.08. The molecule has 0 unspecified atom stereocenters. The zero-order valence-electron chi connectivity index (χ0n) is 14.4. The van der Waals surface area contributed by atoms with E-state index in [0.717, 1.165) is 27.3 Å². The highest BCUT2D eigenvalue weighted by molar-refractivity contribution is 8.01. The molecule has 0 aliphatic carbocycles. The summed E-state index contributed by atoms with van der Waals surface area (Å²) in [6, 6.07) is 12.9. The van der Waals surface area contributed by atoms with E-state index in [4.69, 9.17) is 44.9 Å². The van der Waals surface area contributed by atoms with E-state index in [1.165, 1.54) is 11.3 Å². The Bertz CT molecular complexity index is 958. The normalized spacial score (nSPS) is 10.8. The molecule has 0 bridgehead atoms. The van der Waals surface area contributed by atoms with Gasteiger partial charge in [0.1, 0.15) is 11.5 Å². The van der Waals surface area contributed by atoms with E-state index in [-0.39, 0.29) is 0 Å². The Morgan fingerprint density at radius 2 is 1.78 bits per heavy atom. The summed E-state index contributed by atoms with van der Waals surface area (Å²) in [7, 11) is 0. The van der Waals surface area contributed by atoms with E-state index in [2.05, 4.69) is 5.10 Å². The molecule has 1 heterocycles. The molecule has 0 fully saturated rings. The van der Waals surface area contributed by atoms with Crippen molar-refractivity contribution in [1.29, 1.82) is 0 Å². The highest BCUT2D eigenvalue weighted by Crippen LogP contribution is 2.28. The number of thioether (sulfide) groups is 1. The summed E-state index contributed by atoms with van der Waals surface area (Å²) in [6.45, 7) is 3.18. The average molecular weight is 459 g/mol. The minimum absolute atomic E-state index is 0.474. The predicted octanol–water partition coefficient (Wildman–Crippen LogP) is 6.54. The lowest BCUT2D eigenvalue weighted by atomic mass is 10.3. The molecule has 4 nitrogen and oxygen atoms in total. The van der Waals surface area contributed by atoms with Crippen molar-refractivity contribution in [3.8, 4) is 17.2 Å². The number of rotatable bonds is 8. The largest absolute Gasteiger partial charge is 0.494 e. The second-order valence-corrected chi connectivity index (χ2v) is 9.02. The SMILES string of the molecule is CCOc1ccc(OCCSc2nn(-c3ccc(Cl)c(Cl)c3)c(=S)s2)cc1. The molecule has 0 saturated carbocycles. The van der Waals surface area contributed by atoms with E-state index in [0.29, 0.717) is 27.2 Å². The number of hydrogen-bond acceptors (Lipinski definition) is 6. The van der Waals surface area contributed by atoms with Gasteiger partial charge in [0.25, 0.3) is 0 Å². The van der Waals surface area contributed by atoms with E-state index in [9.17, 15) is 0 Å². The molecule has 1 aromatic heterocycles. The van der Waals surface area contributed by atoms with E-state index >= 15 is 0 Å². The third kappa shape index (κ3) is 5.62. The molecule has 142 valence electrons. The molecule has 9 heteroatoms. The highest BCUT2D eigenvalue weighted by Gasteiger charge is 2.08. The van der Waals surface area contributed by atoms with Crippen LogP contribution in [0.1, 0.15) is 6.92 Å². The van der Waals surface area contributed by atoms with Crippen LogP contribution in [0.5, 0.6) is 11.5 Å². The van der Waals surface area contributed by atoms with Gasteiger partial charge in [0.2, 0.25) is 0 Å². The molecule has 0 saturated heterocycles. The minimum Gasteiger partial charge on any atom is -0.494 e. The summed E-state index contributed by atoms with van der Waals surface area (Å²) < 4.78 is 14.4. The molecule has 3 rings (SSSR count). The van der Waals surface area contributed by atoms with Crippen molar-refractivity contribution in [2.24, 2.45) is 0 Å². The molecule has 0 radical (unpaired) electrons. The molecule has 2 aromatic carbocycles. The first-order chi connectivity index (χ1) is 13.1. The van der Waals surface area contributed by atoms with Crippen molar-refractivity contribution in [2.45, 2.75) is 11.3 Å². The molecule has 0 aliphatic rings.